The molecule has 2 rings (SSSR count). The normalized spacial score (nSPS) is 19.3. The van der Waals surface area contributed by atoms with Gasteiger partial charge in [-0.3, -0.25) is 4.99 Å². The number of thioether (sulfide) groups is 1. The molecule has 2 nitrogen and oxygen atoms in total. The fourth-order valence-corrected chi connectivity index (χ4v) is 3.42. The molecule has 92 valence electrons. The first-order chi connectivity index (χ1) is 8.10. The van der Waals surface area contributed by atoms with Crippen molar-refractivity contribution in [3.8, 4) is 0 Å². The van der Waals surface area contributed by atoms with Crippen LogP contribution in [0, 0.1) is 5.82 Å². The Bertz CT molecular complexity index is 444. The molecule has 0 radical (unpaired) electrons. The number of aliphatic imine (C=N–C) groups is 1. The maximum absolute atomic E-state index is 13.1. The van der Waals surface area contributed by atoms with Crippen LogP contribution in [0.25, 0.3) is 0 Å². The topological polar surface area (TPSA) is 24.4 Å². The van der Waals surface area contributed by atoms with E-state index in [-0.39, 0.29) is 5.82 Å². The quantitative estimate of drug-likeness (QED) is 0.857. The van der Waals surface area contributed by atoms with Gasteiger partial charge in [-0.1, -0.05) is 30.3 Å². The second kappa shape index (κ2) is 5.59. The first-order valence-electron chi connectivity index (χ1n) is 5.22. The van der Waals surface area contributed by atoms with Gasteiger partial charge in [-0.15, -0.1) is 0 Å². The monoisotopic (exact) mass is 336 g/mol. The van der Waals surface area contributed by atoms with Crippen molar-refractivity contribution in [3.63, 3.8) is 0 Å². The summed E-state index contributed by atoms with van der Waals surface area (Å²) >= 11 is 10.9. The van der Waals surface area contributed by atoms with Gasteiger partial charge in [0, 0.05) is 10.2 Å². The summed E-state index contributed by atoms with van der Waals surface area (Å²) < 4.78 is 13.7. The summed E-state index contributed by atoms with van der Waals surface area (Å²) in [5.74, 6) is 0.620. The number of hydrogen-bond donors (Lipinski definition) is 1. The summed E-state index contributed by atoms with van der Waals surface area (Å²) in [5, 5.41) is 4.32. The number of nitrogens with zero attached hydrogens (tertiary/aromatic N) is 1. The standard InChI is InChI=1S/C11H11BrClFN2S/c1-2-7-5-17-11(15-7)16-10-8(12)3-6(14)4-9(10)13/h3-4,7H,2,5H2,1H3,(H,15,16). The highest BCUT2D eigenvalue weighted by molar-refractivity contribution is 9.10. The average Bonchev–Trinajstić information content (AvgIpc) is 2.71. The molecule has 0 saturated heterocycles. The van der Waals surface area contributed by atoms with E-state index in [4.69, 9.17) is 11.6 Å². The van der Waals surface area contributed by atoms with Crippen molar-refractivity contribution in [1.29, 1.82) is 0 Å². The van der Waals surface area contributed by atoms with Gasteiger partial charge in [0.1, 0.15) is 5.82 Å². The Hall–Kier alpha value is -0.260. The van der Waals surface area contributed by atoms with Gasteiger partial charge in [0.25, 0.3) is 0 Å². The molecule has 1 aliphatic rings. The van der Waals surface area contributed by atoms with Crippen molar-refractivity contribution in [3.05, 3.63) is 27.4 Å². The minimum atomic E-state index is -0.361. The Morgan fingerprint density at radius 3 is 3.00 bits per heavy atom. The second-order valence-corrected chi connectivity index (χ2v) is 5.95. The van der Waals surface area contributed by atoms with Crippen LogP contribution in [0.4, 0.5) is 10.1 Å². The molecule has 1 atom stereocenters. The molecule has 17 heavy (non-hydrogen) atoms. The van der Waals surface area contributed by atoms with E-state index in [1.807, 2.05) is 0 Å². The van der Waals surface area contributed by atoms with Gasteiger partial charge in [-0.05, 0) is 34.5 Å². The van der Waals surface area contributed by atoms with Crippen molar-refractivity contribution in [1.82, 2.24) is 0 Å². The molecular weight excluding hydrogens is 327 g/mol. The summed E-state index contributed by atoms with van der Waals surface area (Å²) in [6.45, 7) is 2.11. The van der Waals surface area contributed by atoms with Crippen LogP contribution < -0.4 is 5.32 Å². The van der Waals surface area contributed by atoms with E-state index in [0.29, 0.717) is 21.2 Å². The van der Waals surface area contributed by atoms with E-state index >= 15 is 0 Å². The molecular formula is C11H11BrClFN2S. The molecule has 0 fully saturated rings. The van der Waals surface area contributed by atoms with Gasteiger partial charge in [0.05, 0.1) is 16.8 Å². The summed E-state index contributed by atoms with van der Waals surface area (Å²) in [4.78, 5) is 4.50. The van der Waals surface area contributed by atoms with Gasteiger partial charge in [-0.25, -0.2) is 4.39 Å². The van der Waals surface area contributed by atoms with E-state index in [9.17, 15) is 4.39 Å². The Morgan fingerprint density at radius 2 is 2.41 bits per heavy atom. The number of anilines is 1. The molecule has 6 heteroatoms. The summed E-state index contributed by atoms with van der Waals surface area (Å²) in [7, 11) is 0. The van der Waals surface area contributed by atoms with Gasteiger partial charge in [0.15, 0.2) is 5.17 Å². The molecule has 0 aliphatic carbocycles. The number of benzene rings is 1. The molecule has 0 saturated carbocycles. The number of amidine groups is 1. The van der Waals surface area contributed by atoms with Crippen LogP contribution in [0.15, 0.2) is 21.6 Å². The Kier molecular flexibility index (Phi) is 4.33. The molecule has 1 aliphatic heterocycles. The van der Waals surface area contributed by atoms with Crippen LogP contribution in [0.3, 0.4) is 0 Å². The van der Waals surface area contributed by atoms with Crippen LogP contribution in [0.1, 0.15) is 13.3 Å². The van der Waals surface area contributed by atoms with Crippen molar-refractivity contribution in [2.45, 2.75) is 19.4 Å². The number of rotatable bonds is 2. The minimum Gasteiger partial charge on any atom is -0.333 e. The smallest absolute Gasteiger partial charge is 0.161 e. The lowest BCUT2D eigenvalue weighted by molar-refractivity contribution is 0.627. The SMILES string of the molecule is CCC1CSC(Nc2c(Cl)cc(F)cc2Br)=N1. The number of nitrogens with one attached hydrogen (secondary N) is 1. The van der Waals surface area contributed by atoms with Crippen LogP contribution in [-0.2, 0) is 0 Å². The van der Waals surface area contributed by atoms with Crippen LogP contribution in [-0.4, -0.2) is 17.0 Å². The summed E-state index contributed by atoms with van der Waals surface area (Å²) in [6.07, 6.45) is 1.02. The lowest BCUT2D eigenvalue weighted by Gasteiger charge is -2.09. The zero-order valence-electron chi connectivity index (χ0n) is 9.14. The number of halogens is 3. The molecule has 1 heterocycles. The van der Waals surface area contributed by atoms with E-state index in [1.165, 1.54) is 12.1 Å². The van der Waals surface area contributed by atoms with E-state index in [1.54, 1.807) is 11.8 Å². The van der Waals surface area contributed by atoms with Crippen LogP contribution in [0.5, 0.6) is 0 Å². The van der Waals surface area contributed by atoms with Gasteiger partial charge >= 0.3 is 0 Å². The van der Waals surface area contributed by atoms with E-state index in [2.05, 4.69) is 33.2 Å². The molecule has 1 unspecified atom stereocenters. The predicted octanol–water partition coefficient (Wildman–Crippen LogP) is 4.53. The number of hydrogen-bond acceptors (Lipinski definition) is 3. The molecule has 0 aromatic heterocycles. The van der Waals surface area contributed by atoms with Crippen molar-refractivity contribution in [2.75, 3.05) is 11.1 Å². The van der Waals surface area contributed by atoms with Gasteiger partial charge in [-0.2, -0.15) is 0 Å². The third-order valence-electron chi connectivity index (χ3n) is 2.42. The summed E-state index contributed by atoms with van der Waals surface area (Å²) in [6, 6.07) is 3.03. The van der Waals surface area contributed by atoms with Crippen molar-refractivity contribution >= 4 is 50.1 Å². The van der Waals surface area contributed by atoms with Gasteiger partial charge < -0.3 is 5.32 Å². The Balaban J connectivity index is 2.20. The first kappa shape index (κ1) is 13.2. The maximum atomic E-state index is 13.1. The van der Waals surface area contributed by atoms with Crippen molar-refractivity contribution in [2.24, 2.45) is 4.99 Å². The molecule has 1 N–H and O–H groups in total. The van der Waals surface area contributed by atoms with E-state index in [0.717, 1.165) is 17.3 Å². The second-order valence-electron chi connectivity index (χ2n) is 3.68. The maximum Gasteiger partial charge on any atom is 0.161 e. The Morgan fingerprint density at radius 1 is 1.65 bits per heavy atom. The third-order valence-corrected chi connectivity index (χ3v) is 4.38. The van der Waals surface area contributed by atoms with Crippen molar-refractivity contribution < 1.29 is 4.39 Å². The fraction of sp³-hybridized carbons (Fsp3) is 0.364. The average molecular weight is 338 g/mol. The lowest BCUT2D eigenvalue weighted by Crippen LogP contribution is -2.06. The zero-order chi connectivity index (χ0) is 12.4. The van der Waals surface area contributed by atoms with Gasteiger partial charge in [0.2, 0.25) is 0 Å². The Labute approximate surface area is 117 Å². The molecule has 0 amide bonds. The predicted molar refractivity (Wildman–Crippen MR) is 76.7 cm³/mol. The highest BCUT2D eigenvalue weighted by Crippen LogP contribution is 2.33. The highest BCUT2D eigenvalue weighted by atomic mass is 79.9. The van der Waals surface area contributed by atoms with Crippen LogP contribution >= 0.6 is 39.3 Å². The largest absolute Gasteiger partial charge is 0.333 e. The first-order valence-corrected chi connectivity index (χ1v) is 7.38. The third kappa shape index (κ3) is 3.14. The zero-order valence-corrected chi connectivity index (χ0v) is 12.3. The molecule has 0 bridgehead atoms. The minimum absolute atomic E-state index is 0.347. The van der Waals surface area contributed by atoms with E-state index < -0.39 is 0 Å². The molecule has 1 aromatic rings. The summed E-state index contributed by atoms with van der Waals surface area (Å²) in [5.41, 5.74) is 0.663. The molecule has 1 aromatic carbocycles. The molecule has 0 spiro atoms. The lowest BCUT2D eigenvalue weighted by atomic mass is 10.3. The fourth-order valence-electron chi connectivity index (χ4n) is 1.46. The van der Waals surface area contributed by atoms with Crippen LogP contribution in [0.2, 0.25) is 5.02 Å². The highest BCUT2D eigenvalue weighted by Gasteiger charge is 2.18.